The van der Waals surface area contributed by atoms with Crippen molar-refractivity contribution in [3.05, 3.63) is 51.9 Å². The summed E-state index contributed by atoms with van der Waals surface area (Å²) in [4.78, 5) is 2.36. The summed E-state index contributed by atoms with van der Waals surface area (Å²) < 4.78 is 6.50. The molecular formula is C14H15BrN2O. The second-order valence-electron chi connectivity index (χ2n) is 4.64. The molecule has 0 amide bonds. The summed E-state index contributed by atoms with van der Waals surface area (Å²) in [6, 6.07) is 8.12. The number of nitrogen functional groups attached to an aromatic ring is 1. The number of fused-ring (bicyclic) bond motifs is 1. The molecule has 0 saturated carbocycles. The maximum absolute atomic E-state index is 6.05. The Bertz CT molecular complexity index is 565. The SMILES string of the molecule is Nc1cccc2c1CN(Cc1occc1Br)CC2. The van der Waals surface area contributed by atoms with Crippen LogP contribution in [0, 0.1) is 0 Å². The zero-order chi connectivity index (χ0) is 12.5. The second kappa shape index (κ2) is 4.78. The van der Waals surface area contributed by atoms with Gasteiger partial charge in [0.2, 0.25) is 0 Å². The number of nitrogens with two attached hydrogens (primary N) is 1. The predicted molar refractivity (Wildman–Crippen MR) is 75.1 cm³/mol. The third-order valence-corrected chi connectivity index (χ3v) is 4.15. The minimum atomic E-state index is 0.821. The first-order valence-electron chi connectivity index (χ1n) is 6.04. The number of nitrogens with zero attached hydrogens (tertiary/aromatic N) is 1. The Kier molecular flexibility index (Phi) is 3.14. The molecule has 2 N–H and O–H groups in total. The lowest BCUT2D eigenvalue weighted by molar-refractivity contribution is 0.225. The van der Waals surface area contributed by atoms with E-state index in [1.807, 2.05) is 18.2 Å². The number of hydrogen-bond donors (Lipinski definition) is 1. The van der Waals surface area contributed by atoms with Gasteiger partial charge in [0.05, 0.1) is 17.3 Å². The first-order chi connectivity index (χ1) is 8.74. The molecule has 2 heterocycles. The van der Waals surface area contributed by atoms with Crippen molar-refractivity contribution in [3.63, 3.8) is 0 Å². The fraction of sp³-hybridized carbons (Fsp3) is 0.286. The molecule has 2 aromatic rings. The molecule has 0 unspecified atom stereocenters. The van der Waals surface area contributed by atoms with Gasteiger partial charge in [-0.1, -0.05) is 12.1 Å². The third-order valence-electron chi connectivity index (χ3n) is 3.45. The largest absolute Gasteiger partial charge is 0.467 e. The Morgan fingerprint density at radius 2 is 2.22 bits per heavy atom. The van der Waals surface area contributed by atoms with Gasteiger partial charge in [-0.15, -0.1) is 0 Å². The minimum Gasteiger partial charge on any atom is -0.467 e. The number of benzene rings is 1. The lowest BCUT2D eigenvalue weighted by Gasteiger charge is -2.28. The Morgan fingerprint density at radius 3 is 3.00 bits per heavy atom. The van der Waals surface area contributed by atoms with E-state index < -0.39 is 0 Å². The summed E-state index contributed by atoms with van der Waals surface area (Å²) in [5.41, 5.74) is 9.60. The Balaban J connectivity index is 1.79. The maximum atomic E-state index is 6.05. The molecule has 0 bridgehead atoms. The first-order valence-corrected chi connectivity index (χ1v) is 6.84. The summed E-state index contributed by atoms with van der Waals surface area (Å²) in [5, 5.41) is 0. The minimum absolute atomic E-state index is 0.821. The van der Waals surface area contributed by atoms with Crippen molar-refractivity contribution in [2.75, 3.05) is 12.3 Å². The van der Waals surface area contributed by atoms with Crippen molar-refractivity contribution >= 4 is 21.6 Å². The number of rotatable bonds is 2. The van der Waals surface area contributed by atoms with E-state index >= 15 is 0 Å². The van der Waals surface area contributed by atoms with Crippen molar-refractivity contribution < 1.29 is 4.42 Å². The third kappa shape index (κ3) is 2.18. The van der Waals surface area contributed by atoms with Crippen LogP contribution in [0.25, 0.3) is 0 Å². The van der Waals surface area contributed by atoms with E-state index in [-0.39, 0.29) is 0 Å². The molecule has 4 heteroatoms. The lowest BCUT2D eigenvalue weighted by Crippen LogP contribution is -2.30. The fourth-order valence-corrected chi connectivity index (χ4v) is 2.77. The van der Waals surface area contributed by atoms with Crippen LogP contribution in [0.15, 0.2) is 39.4 Å². The first kappa shape index (κ1) is 11.8. The molecule has 0 fully saturated rings. The summed E-state index contributed by atoms with van der Waals surface area (Å²) >= 11 is 3.49. The van der Waals surface area contributed by atoms with Crippen molar-refractivity contribution in [2.24, 2.45) is 0 Å². The highest BCUT2D eigenvalue weighted by molar-refractivity contribution is 9.10. The topological polar surface area (TPSA) is 42.4 Å². The number of hydrogen-bond acceptors (Lipinski definition) is 3. The highest BCUT2D eigenvalue weighted by atomic mass is 79.9. The summed E-state index contributed by atoms with van der Waals surface area (Å²) in [7, 11) is 0. The number of halogens is 1. The van der Waals surface area contributed by atoms with Crippen LogP contribution in [-0.4, -0.2) is 11.4 Å². The van der Waals surface area contributed by atoms with Crippen LogP contribution < -0.4 is 5.73 Å². The molecule has 0 spiro atoms. The smallest absolute Gasteiger partial charge is 0.131 e. The van der Waals surface area contributed by atoms with Crippen molar-refractivity contribution in [3.8, 4) is 0 Å². The van der Waals surface area contributed by atoms with Crippen LogP contribution in [-0.2, 0) is 19.5 Å². The molecule has 0 atom stereocenters. The van der Waals surface area contributed by atoms with E-state index in [1.165, 1.54) is 11.1 Å². The van der Waals surface area contributed by atoms with Crippen molar-refractivity contribution in [2.45, 2.75) is 19.5 Å². The molecule has 0 radical (unpaired) electrons. The van der Waals surface area contributed by atoms with Crippen LogP contribution in [0.4, 0.5) is 5.69 Å². The normalized spacial score (nSPS) is 15.6. The average molecular weight is 307 g/mol. The average Bonchev–Trinajstić information content (AvgIpc) is 2.76. The van der Waals surface area contributed by atoms with Gasteiger partial charge in [-0.25, -0.2) is 0 Å². The van der Waals surface area contributed by atoms with E-state index in [2.05, 4.69) is 26.9 Å². The maximum Gasteiger partial charge on any atom is 0.131 e. The van der Waals surface area contributed by atoms with Crippen LogP contribution in [0.2, 0.25) is 0 Å². The highest BCUT2D eigenvalue weighted by Crippen LogP contribution is 2.27. The number of anilines is 1. The van der Waals surface area contributed by atoms with Crippen LogP contribution in [0.1, 0.15) is 16.9 Å². The zero-order valence-corrected chi connectivity index (χ0v) is 11.6. The Hall–Kier alpha value is -1.26. The molecule has 0 aliphatic carbocycles. The fourth-order valence-electron chi connectivity index (χ4n) is 2.44. The van der Waals surface area contributed by atoms with Gasteiger partial charge < -0.3 is 10.2 Å². The summed E-state index contributed by atoms with van der Waals surface area (Å²) in [6.45, 7) is 2.76. The highest BCUT2D eigenvalue weighted by Gasteiger charge is 2.19. The zero-order valence-electron chi connectivity index (χ0n) is 10.0. The van der Waals surface area contributed by atoms with E-state index in [0.717, 1.165) is 42.0 Å². The monoisotopic (exact) mass is 306 g/mol. The number of furan rings is 1. The van der Waals surface area contributed by atoms with Gasteiger partial charge in [-0.3, -0.25) is 4.90 Å². The molecule has 1 aromatic carbocycles. The van der Waals surface area contributed by atoms with E-state index in [4.69, 9.17) is 10.2 Å². The Morgan fingerprint density at radius 1 is 1.33 bits per heavy atom. The molecule has 1 aromatic heterocycles. The molecule has 94 valence electrons. The van der Waals surface area contributed by atoms with Gasteiger partial charge in [0.1, 0.15) is 5.76 Å². The van der Waals surface area contributed by atoms with E-state index in [9.17, 15) is 0 Å². The molecule has 0 saturated heterocycles. The lowest BCUT2D eigenvalue weighted by atomic mass is 9.98. The summed E-state index contributed by atoms with van der Waals surface area (Å²) in [6.07, 6.45) is 2.77. The van der Waals surface area contributed by atoms with E-state index in [1.54, 1.807) is 6.26 Å². The van der Waals surface area contributed by atoms with Crippen LogP contribution in [0.3, 0.4) is 0 Å². The predicted octanol–water partition coefficient (Wildman–Crippen LogP) is 3.18. The van der Waals surface area contributed by atoms with Crippen LogP contribution >= 0.6 is 15.9 Å². The quantitative estimate of drug-likeness (QED) is 0.867. The molecule has 3 rings (SSSR count). The van der Waals surface area contributed by atoms with Gasteiger partial charge >= 0.3 is 0 Å². The summed E-state index contributed by atoms with van der Waals surface area (Å²) in [5.74, 6) is 0.980. The Labute approximate surface area is 115 Å². The van der Waals surface area contributed by atoms with Crippen molar-refractivity contribution in [1.29, 1.82) is 0 Å². The molecular weight excluding hydrogens is 292 g/mol. The second-order valence-corrected chi connectivity index (χ2v) is 5.49. The molecule has 3 nitrogen and oxygen atoms in total. The van der Waals surface area contributed by atoms with Gasteiger partial charge in [0.15, 0.2) is 0 Å². The van der Waals surface area contributed by atoms with Gasteiger partial charge in [0, 0.05) is 18.8 Å². The molecule has 18 heavy (non-hydrogen) atoms. The molecule has 1 aliphatic heterocycles. The van der Waals surface area contributed by atoms with Gasteiger partial charge in [-0.05, 0) is 45.6 Å². The van der Waals surface area contributed by atoms with Gasteiger partial charge in [0.25, 0.3) is 0 Å². The molecule has 1 aliphatic rings. The standard InChI is InChI=1S/C14H15BrN2O/c15-12-5-7-18-14(12)9-17-6-4-10-2-1-3-13(16)11(10)8-17/h1-3,5,7H,4,6,8-9,16H2. The van der Waals surface area contributed by atoms with Crippen LogP contribution in [0.5, 0.6) is 0 Å². The van der Waals surface area contributed by atoms with E-state index in [0.29, 0.717) is 0 Å². The van der Waals surface area contributed by atoms with Gasteiger partial charge in [-0.2, -0.15) is 0 Å². The van der Waals surface area contributed by atoms with Crippen molar-refractivity contribution in [1.82, 2.24) is 4.90 Å².